The lowest BCUT2D eigenvalue weighted by molar-refractivity contribution is -0.763. The summed E-state index contributed by atoms with van der Waals surface area (Å²) in [6.45, 7) is -0.107. The average Bonchev–Trinajstić information content (AvgIpc) is 2.15. The Morgan fingerprint density at radius 1 is 1.54 bits per heavy atom. The van der Waals surface area contributed by atoms with Crippen molar-refractivity contribution in [3.8, 4) is 5.75 Å². The lowest BCUT2D eigenvalue weighted by Crippen LogP contribution is -2.03. The van der Waals surface area contributed by atoms with E-state index in [2.05, 4.69) is 9.68 Å². The first-order valence-corrected chi connectivity index (χ1v) is 3.45. The molecule has 0 amide bonds. The molecule has 0 aliphatic carbocycles. The van der Waals surface area contributed by atoms with Crippen LogP contribution in [0.1, 0.15) is 5.56 Å². The van der Waals surface area contributed by atoms with Crippen molar-refractivity contribution < 1.29 is 14.8 Å². The molecule has 0 aliphatic rings. The van der Waals surface area contributed by atoms with E-state index in [0.717, 1.165) is 0 Å². The highest BCUT2D eigenvalue weighted by Gasteiger charge is 1.99. The number of nitrogens with zero attached hydrogens (tertiary/aromatic N) is 1. The molecule has 0 radical (unpaired) electrons. The summed E-state index contributed by atoms with van der Waals surface area (Å²) in [6.07, 6.45) is 0. The normalized spacial score (nSPS) is 9.31. The van der Waals surface area contributed by atoms with Gasteiger partial charge in [0.25, 0.3) is 5.09 Å². The molecule has 0 fully saturated rings. The maximum Gasteiger partial charge on any atom is 0.294 e. The summed E-state index contributed by atoms with van der Waals surface area (Å²) < 4.78 is 0. The standard InChI is InChI=1S/C7H8N2O4/c8-13-7-3-1-2-6(4-7)5-12-9(10)11/h1-4H,5,8H2. The topological polar surface area (TPSA) is 87.6 Å². The molecule has 0 atom stereocenters. The van der Waals surface area contributed by atoms with Crippen LogP contribution < -0.4 is 10.7 Å². The maximum atomic E-state index is 9.85. The molecule has 1 aromatic rings. The molecule has 70 valence electrons. The minimum Gasteiger partial charge on any atom is -0.412 e. The third kappa shape index (κ3) is 2.96. The quantitative estimate of drug-likeness (QED) is 0.548. The van der Waals surface area contributed by atoms with Crippen LogP contribution in [0.4, 0.5) is 0 Å². The van der Waals surface area contributed by atoms with E-state index in [-0.39, 0.29) is 6.61 Å². The SMILES string of the molecule is NOc1cccc(CO[N+](=O)[O-])c1. The van der Waals surface area contributed by atoms with Gasteiger partial charge in [-0.2, -0.15) is 5.90 Å². The van der Waals surface area contributed by atoms with Crippen LogP contribution in [0.3, 0.4) is 0 Å². The molecule has 13 heavy (non-hydrogen) atoms. The highest BCUT2D eigenvalue weighted by Crippen LogP contribution is 2.12. The first-order chi connectivity index (χ1) is 6.22. The molecule has 1 rings (SSSR count). The molecule has 1 aromatic carbocycles. The molecule has 0 aliphatic heterocycles. The van der Waals surface area contributed by atoms with Gasteiger partial charge in [0.1, 0.15) is 12.4 Å². The average molecular weight is 184 g/mol. The van der Waals surface area contributed by atoms with E-state index < -0.39 is 5.09 Å². The summed E-state index contributed by atoms with van der Waals surface area (Å²) in [7, 11) is 0. The van der Waals surface area contributed by atoms with E-state index in [4.69, 9.17) is 5.90 Å². The summed E-state index contributed by atoms with van der Waals surface area (Å²) in [4.78, 5) is 18.4. The van der Waals surface area contributed by atoms with Crippen molar-refractivity contribution in [3.63, 3.8) is 0 Å². The first-order valence-electron chi connectivity index (χ1n) is 3.45. The molecule has 0 spiro atoms. The molecule has 0 unspecified atom stereocenters. The highest BCUT2D eigenvalue weighted by molar-refractivity contribution is 5.27. The van der Waals surface area contributed by atoms with Crippen molar-refractivity contribution >= 4 is 0 Å². The number of nitrogens with two attached hydrogens (primary N) is 1. The van der Waals surface area contributed by atoms with Gasteiger partial charge in [-0.3, -0.25) is 0 Å². The van der Waals surface area contributed by atoms with E-state index in [1.807, 2.05) is 0 Å². The van der Waals surface area contributed by atoms with Crippen LogP contribution in [-0.2, 0) is 11.4 Å². The fourth-order valence-corrected chi connectivity index (χ4v) is 0.836. The van der Waals surface area contributed by atoms with Crippen molar-refractivity contribution in [3.05, 3.63) is 39.9 Å². The molecular weight excluding hydrogens is 176 g/mol. The minimum absolute atomic E-state index is 0.107. The van der Waals surface area contributed by atoms with Crippen LogP contribution in [0.25, 0.3) is 0 Å². The monoisotopic (exact) mass is 184 g/mol. The Labute approximate surface area is 73.9 Å². The third-order valence-electron chi connectivity index (χ3n) is 1.37. The Kier molecular flexibility index (Phi) is 3.04. The molecular formula is C7H8N2O4. The first kappa shape index (κ1) is 9.27. The van der Waals surface area contributed by atoms with Gasteiger partial charge in [-0.15, -0.1) is 10.1 Å². The summed E-state index contributed by atoms with van der Waals surface area (Å²) in [5, 5.41) is 9.00. The Morgan fingerprint density at radius 3 is 2.92 bits per heavy atom. The zero-order chi connectivity index (χ0) is 9.68. The molecule has 6 heteroatoms. The Bertz CT molecular complexity index is 302. The zero-order valence-corrected chi connectivity index (χ0v) is 6.67. The lowest BCUT2D eigenvalue weighted by atomic mass is 10.2. The minimum atomic E-state index is -0.851. The zero-order valence-electron chi connectivity index (χ0n) is 6.67. The van der Waals surface area contributed by atoms with Crippen molar-refractivity contribution in [1.29, 1.82) is 0 Å². The highest BCUT2D eigenvalue weighted by atomic mass is 16.9. The van der Waals surface area contributed by atoms with Gasteiger partial charge in [0.2, 0.25) is 0 Å². The van der Waals surface area contributed by atoms with E-state index in [0.29, 0.717) is 11.3 Å². The predicted octanol–water partition coefficient (Wildman–Crippen LogP) is 0.647. The lowest BCUT2D eigenvalue weighted by Gasteiger charge is -2.01. The molecule has 0 aromatic heterocycles. The summed E-state index contributed by atoms with van der Waals surface area (Å²) in [6, 6.07) is 6.53. The molecule has 6 nitrogen and oxygen atoms in total. The number of hydrogen-bond acceptors (Lipinski definition) is 5. The third-order valence-corrected chi connectivity index (χ3v) is 1.37. The van der Waals surface area contributed by atoms with Crippen LogP contribution in [0.15, 0.2) is 24.3 Å². The Balaban J connectivity index is 2.61. The van der Waals surface area contributed by atoms with Gasteiger partial charge in [0.05, 0.1) is 0 Å². The van der Waals surface area contributed by atoms with Crippen molar-refractivity contribution in [2.75, 3.05) is 0 Å². The maximum absolute atomic E-state index is 9.85. The van der Waals surface area contributed by atoms with Gasteiger partial charge in [-0.25, -0.2) is 0 Å². The second-order valence-corrected chi connectivity index (χ2v) is 2.26. The van der Waals surface area contributed by atoms with Gasteiger partial charge < -0.3 is 9.68 Å². The fourth-order valence-electron chi connectivity index (χ4n) is 0.836. The van der Waals surface area contributed by atoms with Gasteiger partial charge in [0, 0.05) is 0 Å². The Morgan fingerprint density at radius 2 is 2.31 bits per heavy atom. The van der Waals surface area contributed by atoms with E-state index in [9.17, 15) is 10.1 Å². The van der Waals surface area contributed by atoms with Crippen molar-refractivity contribution in [2.24, 2.45) is 5.90 Å². The van der Waals surface area contributed by atoms with E-state index in [1.54, 1.807) is 24.3 Å². The number of rotatable bonds is 4. The molecule has 0 heterocycles. The second-order valence-electron chi connectivity index (χ2n) is 2.26. The van der Waals surface area contributed by atoms with Gasteiger partial charge in [-0.05, 0) is 17.7 Å². The largest absolute Gasteiger partial charge is 0.412 e. The van der Waals surface area contributed by atoms with Crippen molar-refractivity contribution in [1.82, 2.24) is 0 Å². The van der Waals surface area contributed by atoms with Gasteiger partial charge >= 0.3 is 0 Å². The summed E-state index contributed by atoms with van der Waals surface area (Å²) in [5.74, 6) is 5.33. The molecule has 2 N–H and O–H groups in total. The predicted molar refractivity (Wildman–Crippen MR) is 43.0 cm³/mol. The Hall–Kier alpha value is -1.82. The number of benzene rings is 1. The summed E-state index contributed by atoms with van der Waals surface area (Å²) >= 11 is 0. The van der Waals surface area contributed by atoms with Crippen LogP contribution >= 0.6 is 0 Å². The van der Waals surface area contributed by atoms with Crippen LogP contribution in [0.2, 0.25) is 0 Å². The molecule has 0 saturated heterocycles. The van der Waals surface area contributed by atoms with Gasteiger partial charge in [0.15, 0.2) is 0 Å². The van der Waals surface area contributed by atoms with E-state index >= 15 is 0 Å². The van der Waals surface area contributed by atoms with Crippen molar-refractivity contribution in [2.45, 2.75) is 6.61 Å². The smallest absolute Gasteiger partial charge is 0.294 e. The molecule has 0 saturated carbocycles. The van der Waals surface area contributed by atoms with Crippen LogP contribution in [0, 0.1) is 10.1 Å². The van der Waals surface area contributed by atoms with Crippen LogP contribution in [-0.4, -0.2) is 5.09 Å². The summed E-state index contributed by atoms with van der Waals surface area (Å²) in [5.41, 5.74) is 0.625. The van der Waals surface area contributed by atoms with Crippen LogP contribution in [0.5, 0.6) is 5.75 Å². The van der Waals surface area contributed by atoms with Gasteiger partial charge in [-0.1, -0.05) is 12.1 Å². The second kappa shape index (κ2) is 4.27. The van der Waals surface area contributed by atoms with E-state index in [1.165, 1.54) is 0 Å². The fraction of sp³-hybridized carbons (Fsp3) is 0.143. The number of hydrogen-bond donors (Lipinski definition) is 1. The molecule has 0 bridgehead atoms.